The second-order valence-corrected chi connectivity index (χ2v) is 10.4. The van der Waals surface area contributed by atoms with Gasteiger partial charge in [0.1, 0.15) is 23.7 Å². The predicted octanol–water partition coefficient (Wildman–Crippen LogP) is 1.29. The molecule has 33 heavy (non-hydrogen) atoms. The van der Waals surface area contributed by atoms with E-state index in [9.17, 15) is 19.8 Å². The predicted molar refractivity (Wildman–Crippen MR) is 126 cm³/mol. The number of nitrogens with one attached hydrogen (secondary N) is 2. The van der Waals surface area contributed by atoms with E-state index >= 15 is 0 Å². The Balaban J connectivity index is 2.04. The van der Waals surface area contributed by atoms with Crippen molar-refractivity contribution < 1.29 is 29.3 Å². The third-order valence-corrected chi connectivity index (χ3v) is 7.41. The van der Waals surface area contributed by atoms with Gasteiger partial charge >= 0.3 is 5.97 Å². The van der Waals surface area contributed by atoms with E-state index in [1.54, 1.807) is 13.2 Å². The molecule has 9 nitrogen and oxygen atoms in total. The molecule has 0 aromatic rings. The van der Waals surface area contributed by atoms with Crippen molar-refractivity contribution in [2.75, 3.05) is 12.8 Å². The molecule has 11 heteroatoms. The number of aliphatic hydroxyl groups excluding tert-OH is 2. The van der Waals surface area contributed by atoms with Crippen molar-refractivity contribution in [1.82, 2.24) is 10.6 Å². The highest BCUT2D eigenvalue weighted by Gasteiger charge is 2.50. The van der Waals surface area contributed by atoms with Gasteiger partial charge in [-0.2, -0.15) is 5.26 Å². The van der Waals surface area contributed by atoms with Crippen LogP contribution in [0.1, 0.15) is 52.4 Å². The van der Waals surface area contributed by atoms with E-state index in [1.807, 2.05) is 0 Å². The number of unbranched alkanes of at least 4 members (excludes halogenated alkanes) is 1. The Hall–Kier alpha value is -1.09. The maximum absolute atomic E-state index is 13.1. The highest BCUT2D eigenvalue weighted by atomic mass is 35.5. The van der Waals surface area contributed by atoms with Crippen molar-refractivity contribution in [1.29, 1.82) is 5.26 Å². The molecule has 2 rings (SSSR count). The number of esters is 1. The summed E-state index contributed by atoms with van der Waals surface area (Å²) in [6.07, 6.45) is 1.82. The number of thioether (sulfide) groups is 1. The molecule has 2 heterocycles. The highest BCUT2D eigenvalue weighted by Crippen LogP contribution is 2.32. The molecule has 188 valence electrons. The molecule has 2 fully saturated rings. The number of ether oxygens (including phenoxy) is 2. The van der Waals surface area contributed by atoms with E-state index in [4.69, 9.17) is 26.3 Å². The van der Waals surface area contributed by atoms with Crippen LogP contribution >= 0.6 is 23.4 Å². The first kappa shape index (κ1) is 28.1. The summed E-state index contributed by atoms with van der Waals surface area (Å²) in [5.74, 6) is -0.350. The van der Waals surface area contributed by atoms with Crippen LogP contribution in [0.3, 0.4) is 0 Å². The van der Waals surface area contributed by atoms with Crippen molar-refractivity contribution in [2.24, 2.45) is 5.92 Å². The lowest BCUT2D eigenvalue weighted by Gasteiger charge is -2.45. The first-order valence-electron chi connectivity index (χ1n) is 11.5. The lowest BCUT2D eigenvalue weighted by Crippen LogP contribution is -2.65. The molecule has 2 saturated heterocycles. The molecule has 4 N–H and O–H groups in total. The van der Waals surface area contributed by atoms with Crippen molar-refractivity contribution in [3.05, 3.63) is 0 Å². The fraction of sp³-hybridized carbons (Fsp3) is 0.864. The fourth-order valence-corrected chi connectivity index (χ4v) is 5.41. The number of hydrogen-bond acceptors (Lipinski definition) is 9. The minimum atomic E-state index is -1.41. The monoisotopic (exact) mass is 505 g/mol. The number of amides is 1. The van der Waals surface area contributed by atoms with Crippen LogP contribution in [-0.2, 0) is 19.1 Å². The fourth-order valence-electron chi connectivity index (χ4n) is 4.48. The second kappa shape index (κ2) is 13.7. The molecule has 0 spiro atoms. The number of halogens is 1. The van der Waals surface area contributed by atoms with Crippen LogP contribution in [-0.4, -0.2) is 82.2 Å². The first-order chi connectivity index (χ1) is 15.7. The highest BCUT2D eigenvalue weighted by molar-refractivity contribution is 7.99. The summed E-state index contributed by atoms with van der Waals surface area (Å²) in [5, 5.41) is 35.7. The SMILES string of the molecule is CS[C@H]1O[C@H]([C@H](NC(=O)C2CC[C@H](CCCC#N)CCN2)[C@H](C)Cl)[C@H](O)[C@H](O)[C@H]1OC(C)=O. The molecular weight excluding hydrogens is 470 g/mol. The van der Waals surface area contributed by atoms with Crippen molar-refractivity contribution in [2.45, 2.75) is 99.7 Å². The quantitative estimate of drug-likeness (QED) is 0.207. The van der Waals surface area contributed by atoms with Crippen LogP contribution in [0, 0.1) is 17.2 Å². The molecule has 0 bridgehead atoms. The maximum Gasteiger partial charge on any atom is 0.303 e. The van der Waals surface area contributed by atoms with Gasteiger partial charge in [-0.05, 0) is 57.7 Å². The van der Waals surface area contributed by atoms with Gasteiger partial charge in [0.25, 0.3) is 0 Å². The Morgan fingerprint density at radius 2 is 2.06 bits per heavy atom. The van der Waals surface area contributed by atoms with E-state index in [-0.39, 0.29) is 5.91 Å². The van der Waals surface area contributed by atoms with Crippen LogP contribution in [0.2, 0.25) is 0 Å². The van der Waals surface area contributed by atoms with E-state index in [2.05, 4.69) is 16.7 Å². The topological polar surface area (TPSA) is 141 Å². The molecule has 0 aromatic carbocycles. The summed E-state index contributed by atoms with van der Waals surface area (Å²) >= 11 is 7.62. The van der Waals surface area contributed by atoms with Crippen LogP contribution < -0.4 is 10.6 Å². The summed E-state index contributed by atoms with van der Waals surface area (Å²) < 4.78 is 11.1. The number of alkyl halides is 1. The summed E-state index contributed by atoms with van der Waals surface area (Å²) in [6.45, 7) is 3.61. The van der Waals surface area contributed by atoms with E-state index in [1.165, 1.54) is 18.7 Å². The molecule has 1 amide bonds. The number of hydrogen-bond donors (Lipinski definition) is 4. The Bertz CT molecular complexity index is 692. The number of rotatable bonds is 9. The number of nitrogens with zero attached hydrogens (tertiary/aromatic N) is 1. The van der Waals surface area contributed by atoms with Gasteiger partial charge in [-0.3, -0.25) is 9.59 Å². The van der Waals surface area contributed by atoms with Gasteiger partial charge in [-0.25, -0.2) is 0 Å². The number of carbonyl (C=O) groups excluding carboxylic acids is 2. The van der Waals surface area contributed by atoms with Crippen LogP contribution in [0.4, 0.5) is 0 Å². The van der Waals surface area contributed by atoms with E-state index in [0.29, 0.717) is 25.3 Å². The molecular formula is C22H36ClN3O6S. The number of carbonyl (C=O) groups is 2. The normalized spacial score (nSPS) is 34.4. The van der Waals surface area contributed by atoms with Crippen LogP contribution in [0.15, 0.2) is 0 Å². The first-order valence-corrected chi connectivity index (χ1v) is 13.2. The number of nitriles is 1. The minimum absolute atomic E-state index is 0.238. The lowest BCUT2D eigenvalue weighted by atomic mass is 9.92. The summed E-state index contributed by atoms with van der Waals surface area (Å²) in [6, 6.07) is 0.997. The number of aliphatic hydroxyl groups is 2. The molecule has 0 radical (unpaired) electrons. The van der Waals surface area contributed by atoms with Crippen molar-refractivity contribution >= 4 is 35.2 Å². The molecule has 0 saturated carbocycles. The Morgan fingerprint density at radius 1 is 1.33 bits per heavy atom. The Kier molecular flexibility index (Phi) is 11.7. The standard InChI is InChI=1S/C22H36ClN3O6S/c1-12(23)16(19-17(28)18(29)20(31-13(2)27)22(32-19)33-3)26-21(30)15-8-7-14(9-11-25-15)6-4-5-10-24/h12,14-20,22,25,28-29H,4-9,11H2,1-3H3,(H,26,30)/t12-,14-,15?,16+,17+,18-,19+,20+,22+/m0/s1. The van der Waals surface area contributed by atoms with Gasteiger partial charge in [-0.1, -0.05) is 0 Å². The van der Waals surface area contributed by atoms with Gasteiger partial charge in [0.2, 0.25) is 5.91 Å². The third kappa shape index (κ3) is 7.98. The average Bonchev–Trinajstić information content (AvgIpc) is 3.01. The molecule has 0 aromatic heterocycles. The van der Waals surface area contributed by atoms with Crippen LogP contribution in [0.5, 0.6) is 0 Å². The molecule has 2 aliphatic heterocycles. The van der Waals surface area contributed by atoms with E-state index in [0.717, 1.165) is 25.7 Å². The minimum Gasteiger partial charge on any atom is -0.456 e. The van der Waals surface area contributed by atoms with Gasteiger partial charge in [0, 0.05) is 13.3 Å². The molecule has 0 aliphatic carbocycles. The lowest BCUT2D eigenvalue weighted by molar-refractivity contribution is -0.217. The zero-order valence-electron chi connectivity index (χ0n) is 19.4. The zero-order chi connectivity index (χ0) is 24.5. The van der Waals surface area contributed by atoms with Gasteiger partial charge < -0.3 is 30.3 Å². The van der Waals surface area contributed by atoms with Gasteiger partial charge in [-0.15, -0.1) is 23.4 Å². The third-order valence-electron chi connectivity index (χ3n) is 6.30. The van der Waals surface area contributed by atoms with E-state index < -0.39 is 53.3 Å². The summed E-state index contributed by atoms with van der Waals surface area (Å²) in [4.78, 5) is 24.5. The smallest absolute Gasteiger partial charge is 0.303 e. The molecule has 2 aliphatic rings. The van der Waals surface area contributed by atoms with Crippen LogP contribution in [0.25, 0.3) is 0 Å². The van der Waals surface area contributed by atoms with Crippen molar-refractivity contribution in [3.63, 3.8) is 0 Å². The van der Waals surface area contributed by atoms with Gasteiger partial charge in [0.05, 0.1) is 23.5 Å². The Morgan fingerprint density at radius 3 is 2.67 bits per heavy atom. The zero-order valence-corrected chi connectivity index (χ0v) is 21.0. The molecule has 9 atom stereocenters. The summed E-state index contributed by atoms with van der Waals surface area (Å²) in [7, 11) is 0. The second-order valence-electron chi connectivity index (χ2n) is 8.76. The summed E-state index contributed by atoms with van der Waals surface area (Å²) in [5.41, 5.74) is -0.725. The van der Waals surface area contributed by atoms with Crippen molar-refractivity contribution in [3.8, 4) is 6.07 Å². The Labute approximate surface area is 204 Å². The average molecular weight is 506 g/mol. The largest absolute Gasteiger partial charge is 0.456 e. The maximum atomic E-state index is 13.1. The van der Waals surface area contributed by atoms with Gasteiger partial charge in [0.15, 0.2) is 6.10 Å². The molecule has 1 unspecified atom stereocenters.